The van der Waals surface area contributed by atoms with Crippen LogP contribution in [0.15, 0.2) is 5.16 Å². The van der Waals surface area contributed by atoms with Crippen LogP contribution >= 0.6 is 11.6 Å². The molecule has 2 fully saturated rings. The molecule has 2 nitrogen and oxygen atoms in total. The van der Waals surface area contributed by atoms with Crippen LogP contribution in [0.1, 0.15) is 33.6 Å². The molecular weight excluding hydrogens is 186 g/mol. The van der Waals surface area contributed by atoms with E-state index in [0.29, 0.717) is 5.92 Å². The highest BCUT2D eigenvalue weighted by molar-refractivity contribution is 6.24. The van der Waals surface area contributed by atoms with Gasteiger partial charge in [-0.25, -0.2) is 0 Å². The molecule has 0 spiro atoms. The Morgan fingerprint density at radius 3 is 2.38 bits per heavy atom. The lowest BCUT2D eigenvalue weighted by atomic mass is 9.70. The number of alkyl halides is 1. The smallest absolute Gasteiger partial charge is 0.0652 e. The van der Waals surface area contributed by atoms with Crippen LogP contribution < -0.4 is 0 Å². The summed E-state index contributed by atoms with van der Waals surface area (Å²) in [6.45, 7) is 6.60. The Kier molecular flexibility index (Phi) is 1.73. The molecule has 0 saturated heterocycles. The monoisotopic (exact) mass is 201 g/mol. The number of oxime groups is 1. The zero-order valence-corrected chi connectivity index (χ0v) is 9.10. The number of rotatable bonds is 0. The quantitative estimate of drug-likeness (QED) is 0.365. The zero-order valence-electron chi connectivity index (χ0n) is 8.34. The fourth-order valence-electron chi connectivity index (χ4n) is 3.09. The predicted octanol–water partition coefficient (Wildman–Crippen LogP) is 2.88. The van der Waals surface area contributed by atoms with Crippen LogP contribution in [0.5, 0.6) is 0 Å². The first-order valence-corrected chi connectivity index (χ1v) is 5.23. The van der Waals surface area contributed by atoms with Gasteiger partial charge < -0.3 is 5.21 Å². The fraction of sp³-hybridized carbons (Fsp3) is 0.900. The Bertz CT molecular complexity index is 274. The first-order valence-electron chi connectivity index (χ1n) is 4.80. The molecule has 3 atom stereocenters. The van der Waals surface area contributed by atoms with Crippen molar-refractivity contribution in [2.45, 2.75) is 39.0 Å². The Balaban J connectivity index is 2.51. The van der Waals surface area contributed by atoms with Crippen LogP contribution in [0.25, 0.3) is 0 Å². The molecule has 1 N–H and O–H groups in total. The molecule has 2 bridgehead atoms. The third-order valence-electron chi connectivity index (χ3n) is 4.64. The van der Waals surface area contributed by atoms with Gasteiger partial charge in [0.05, 0.1) is 5.71 Å². The van der Waals surface area contributed by atoms with Crippen molar-refractivity contribution in [3.8, 4) is 0 Å². The highest BCUT2D eigenvalue weighted by atomic mass is 35.5. The number of fused-ring (bicyclic) bond motifs is 2. The van der Waals surface area contributed by atoms with E-state index in [1.54, 1.807) is 0 Å². The summed E-state index contributed by atoms with van der Waals surface area (Å²) in [4.78, 5) is 0. The van der Waals surface area contributed by atoms with Crippen LogP contribution in [0.3, 0.4) is 0 Å². The van der Waals surface area contributed by atoms with Crippen LogP contribution in [-0.4, -0.2) is 16.3 Å². The minimum Gasteiger partial charge on any atom is -0.411 e. The highest BCUT2D eigenvalue weighted by Gasteiger charge is 2.64. The first kappa shape index (κ1) is 9.32. The lowest BCUT2D eigenvalue weighted by Crippen LogP contribution is -2.39. The number of hydrogen-bond donors (Lipinski definition) is 1. The summed E-state index contributed by atoms with van der Waals surface area (Å²) >= 11 is 6.32. The number of nitrogens with zero attached hydrogens (tertiary/aromatic N) is 1. The maximum atomic E-state index is 8.93. The fourth-order valence-corrected chi connectivity index (χ4v) is 3.71. The van der Waals surface area contributed by atoms with Gasteiger partial charge >= 0.3 is 0 Å². The summed E-state index contributed by atoms with van der Waals surface area (Å²) in [6, 6.07) is 0. The van der Waals surface area contributed by atoms with E-state index in [0.717, 1.165) is 18.6 Å². The van der Waals surface area contributed by atoms with Crippen molar-refractivity contribution in [3.05, 3.63) is 0 Å². The van der Waals surface area contributed by atoms with Crippen molar-refractivity contribution in [3.63, 3.8) is 0 Å². The molecule has 2 aliphatic carbocycles. The van der Waals surface area contributed by atoms with Gasteiger partial charge in [-0.05, 0) is 24.2 Å². The van der Waals surface area contributed by atoms with Gasteiger partial charge in [0.1, 0.15) is 0 Å². The lowest BCUT2D eigenvalue weighted by molar-refractivity contribution is 0.192. The summed E-state index contributed by atoms with van der Waals surface area (Å²) in [5.41, 5.74) is 0.975. The molecule has 3 heteroatoms. The van der Waals surface area contributed by atoms with Gasteiger partial charge in [-0.3, -0.25) is 0 Å². The summed E-state index contributed by atoms with van der Waals surface area (Å²) in [5.74, 6) is 0.589. The largest absolute Gasteiger partial charge is 0.411 e. The topological polar surface area (TPSA) is 32.6 Å². The van der Waals surface area contributed by atoms with E-state index in [1.165, 1.54) is 0 Å². The predicted molar refractivity (Wildman–Crippen MR) is 53.5 cm³/mol. The molecule has 0 radical (unpaired) electrons. The number of hydrogen-bond acceptors (Lipinski definition) is 2. The minimum atomic E-state index is -0.103. The standard InChI is InChI=1S/C10H16ClNO/c1-9(2)6-4-7(11)10(9,3)8(5-6)12-13/h6-7,13H,4-5H2,1-3H3/b12-8+. The molecular formula is C10H16ClNO. The third-order valence-corrected chi connectivity index (χ3v) is 5.25. The zero-order chi connectivity index (χ0) is 9.85. The SMILES string of the molecule is CC1(C)C2C/C(=N\O)C1(C)C(Cl)C2. The van der Waals surface area contributed by atoms with Crippen molar-refractivity contribution in [1.82, 2.24) is 0 Å². The molecule has 0 aromatic rings. The van der Waals surface area contributed by atoms with Crippen LogP contribution in [0.2, 0.25) is 0 Å². The average molecular weight is 202 g/mol. The molecule has 0 aromatic heterocycles. The maximum absolute atomic E-state index is 8.93. The summed E-state index contributed by atoms with van der Waals surface area (Å²) in [5, 5.41) is 12.5. The molecule has 74 valence electrons. The van der Waals surface area contributed by atoms with Crippen LogP contribution in [-0.2, 0) is 0 Å². The van der Waals surface area contributed by atoms with Crippen molar-refractivity contribution in [1.29, 1.82) is 0 Å². The van der Waals surface area contributed by atoms with Crippen molar-refractivity contribution in [2.24, 2.45) is 21.9 Å². The molecule has 2 aliphatic rings. The van der Waals surface area contributed by atoms with Gasteiger partial charge in [0.15, 0.2) is 0 Å². The average Bonchev–Trinajstić information content (AvgIpc) is 2.34. The Labute approximate surface area is 84.0 Å². The van der Waals surface area contributed by atoms with Crippen LogP contribution in [0, 0.1) is 16.7 Å². The van der Waals surface area contributed by atoms with E-state index < -0.39 is 0 Å². The van der Waals surface area contributed by atoms with Gasteiger partial charge in [0.2, 0.25) is 0 Å². The van der Waals surface area contributed by atoms with Crippen molar-refractivity contribution >= 4 is 17.3 Å². The minimum absolute atomic E-state index is 0.103. The summed E-state index contributed by atoms with van der Waals surface area (Å²) < 4.78 is 0. The second-order valence-electron chi connectivity index (χ2n) is 5.08. The second-order valence-corrected chi connectivity index (χ2v) is 5.60. The van der Waals surface area contributed by atoms with Crippen molar-refractivity contribution < 1.29 is 5.21 Å². The molecule has 0 amide bonds. The van der Waals surface area contributed by atoms with E-state index in [2.05, 4.69) is 25.9 Å². The molecule has 3 unspecified atom stereocenters. The normalized spacial score (nSPS) is 50.3. The van der Waals surface area contributed by atoms with E-state index >= 15 is 0 Å². The van der Waals surface area contributed by atoms with Gasteiger partial charge in [-0.2, -0.15) is 0 Å². The first-order chi connectivity index (χ1) is 5.94. The van der Waals surface area contributed by atoms with Crippen LogP contribution in [0.4, 0.5) is 0 Å². The molecule has 0 aromatic carbocycles. The van der Waals surface area contributed by atoms with E-state index in [4.69, 9.17) is 16.8 Å². The van der Waals surface area contributed by atoms with Gasteiger partial charge in [0, 0.05) is 10.8 Å². The maximum Gasteiger partial charge on any atom is 0.0652 e. The van der Waals surface area contributed by atoms with Gasteiger partial charge in [-0.15, -0.1) is 11.6 Å². The highest BCUT2D eigenvalue weighted by Crippen LogP contribution is 2.65. The lowest BCUT2D eigenvalue weighted by Gasteiger charge is -2.36. The van der Waals surface area contributed by atoms with Crippen molar-refractivity contribution in [2.75, 3.05) is 0 Å². The second kappa shape index (κ2) is 2.41. The summed E-state index contributed by atoms with van der Waals surface area (Å²) in [6.07, 6.45) is 1.98. The summed E-state index contributed by atoms with van der Waals surface area (Å²) in [7, 11) is 0. The van der Waals surface area contributed by atoms with Gasteiger partial charge in [0.25, 0.3) is 0 Å². The third kappa shape index (κ3) is 0.829. The Hall–Kier alpha value is -0.240. The molecule has 2 rings (SSSR count). The Morgan fingerprint density at radius 2 is 2.08 bits per heavy atom. The molecule has 0 heterocycles. The number of halogens is 1. The Morgan fingerprint density at radius 1 is 1.46 bits per heavy atom. The van der Waals surface area contributed by atoms with E-state index in [1.807, 2.05) is 0 Å². The molecule has 0 aliphatic heterocycles. The van der Waals surface area contributed by atoms with E-state index in [9.17, 15) is 0 Å². The van der Waals surface area contributed by atoms with Gasteiger partial charge in [-0.1, -0.05) is 25.9 Å². The van der Waals surface area contributed by atoms with E-state index in [-0.39, 0.29) is 16.2 Å². The molecule has 2 saturated carbocycles. The molecule has 13 heavy (non-hydrogen) atoms.